The fraction of sp³-hybridized carbons (Fsp3) is 0.250. The lowest BCUT2D eigenvalue weighted by molar-refractivity contribution is 0.0600. The predicted molar refractivity (Wildman–Crippen MR) is 124 cm³/mol. The van der Waals surface area contributed by atoms with E-state index in [-0.39, 0.29) is 5.43 Å². The Morgan fingerprint density at radius 2 is 1.97 bits per heavy atom. The molecule has 1 N–H and O–H groups in total. The molecule has 0 aliphatic carbocycles. The highest BCUT2D eigenvalue weighted by atomic mass is 16.5. The fourth-order valence-corrected chi connectivity index (χ4v) is 4.01. The molecule has 0 spiro atoms. The number of H-pyrrole nitrogens is 1. The third-order valence-corrected chi connectivity index (χ3v) is 5.74. The van der Waals surface area contributed by atoms with Crippen LogP contribution in [-0.4, -0.2) is 59.4 Å². The molecular weight excluding hydrogens is 422 g/mol. The highest BCUT2D eigenvalue weighted by molar-refractivity contribution is 5.93. The summed E-state index contributed by atoms with van der Waals surface area (Å²) in [7, 11) is 1.35. The van der Waals surface area contributed by atoms with Gasteiger partial charge in [0.25, 0.3) is 0 Å². The van der Waals surface area contributed by atoms with Crippen LogP contribution in [-0.2, 0) is 9.47 Å². The van der Waals surface area contributed by atoms with Gasteiger partial charge in [-0.3, -0.25) is 4.79 Å². The average molecular weight is 445 g/mol. The Labute approximate surface area is 189 Å². The van der Waals surface area contributed by atoms with Crippen LogP contribution in [0, 0.1) is 0 Å². The molecule has 2 aromatic heterocycles. The summed E-state index contributed by atoms with van der Waals surface area (Å²) in [4.78, 5) is 30.2. The molecular formula is C24H23N5O4. The molecule has 33 heavy (non-hydrogen) atoms. The number of para-hydroxylation sites is 1. The Kier molecular flexibility index (Phi) is 5.62. The minimum absolute atomic E-state index is 0.0449. The maximum atomic E-state index is 12.9. The first-order valence-electron chi connectivity index (χ1n) is 10.7. The molecule has 1 aliphatic rings. The van der Waals surface area contributed by atoms with Gasteiger partial charge < -0.3 is 19.4 Å². The molecule has 1 aliphatic heterocycles. The van der Waals surface area contributed by atoms with Crippen molar-refractivity contribution in [2.24, 2.45) is 0 Å². The number of carbonyl (C=O) groups excluding carboxylic acids is 1. The van der Waals surface area contributed by atoms with E-state index < -0.39 is 5.97 Å². The number of nitrogens with one attached hydrogen (secondary N) is 1. The van der Waals surface area contributed by atoms with Gasteiger partial charge >= 0.3 is 5.97 Å². The molecule has 4 aromatic rings. The Balaban J connectivity index is 1.53. The highest BCUT2D eigenvalue weighted by Gasteiger charge is 2.16. The normalized spacial score (nSPS) is 14.3. The van der Waals surface area contributed by atoms with Crippen LogP contribution in [0.4, 0.5) is 5.82 Å². The number of rotatable bonds is 4. The van der Waals surface area contributed by atoms with E-state index in [1.807, 2.05) is 18.2 Å². The summed E-state index contributed by atoms with van der Waals surface area (Å²) in [6, 6.07) is 14.1. The second-order valence-corrected chi connectivity index (χ2v) is 7.79. The van der Waals surface area contributed by atoms with Crippen molar-refractivity contribution < 1.29 is 14.3 Å². The van der Waals surface area contributed by atoms with E-state index in [0.717, 1.165) is 48.7 Å². The van der Waals surface area contributed by atoms with Gasteiger partial charge in [-0.15, -0.1) is 5.10 Å². The number of aromatic amines is 1. The van der Waals surface area contributed by atoms with Gasteiger partial charge in [0.15, 0.2) is 5.43 Å². The lowest BCUT2D eigenvalue weighted by Crippen LogP contribution is -2.28. The smallest absolute Gasteiger partial charge is 0.337 e. The van der Waals surface area contributed by atoms with Gasteiger partial charge in [-0.1, -0.05) is 17.3 Å². The summed E-state index contributed by atoms with van der Waals surface area (Å²) in [5.74, 6) is 0.378. The lowest BCUT2D eigenvalue weighted by atomic mass is 10.1. The standard InChI is InChI=1S/C24H23N5O4/c1-32-24(31)16-6-8-17(9-7-16)29-15-20(26-27-29)18-4-2-5-19-21(30)14-22(25-23(18)19)28-10-3-12-33-13-11-28/h2,4-9,14-15H,3,10-13H2,1H3,(H,25,30). The van der Waals surface area contributed by atoms with E-state index in [4.69, 9.17) is 9.47 Å². The van der Waals surface area contributed by atoms with Gasteiger partial charge in [-0.25, -0.2) is 9.48 Å². The molecule has 168 valence electrons. The number of hydrogen-bond donors (Lipinski definition) is 1. The first-order valence-corrected chi connectivity index (χ1v) is 10.7. The second kappa shape index (κ2) is 8.87. The third kappa shape index (κ3) is 4.10. The van der Waals surface area contributed by atoms with Gasteiger partial charge in [0, 0.05) is 36.7 Å². The number of anilines is 1. The van der Waals surface area contributed by atoms with Crippen LogP contribution < -0.4 is 10.3 Å². The van der Waals surface area contributed by atoms with Gasteiger partial charge in [0.1, 0.15) is 11.5 Å². The molecule has 0 bridgehead atoms. The Hall–Kier alpha value is -3.98. The van der Waals surface area contributed by atoms with Crippen molar-refractivity contribution in [3.8, 4) is 16.9 Å². The molecule has 5 rings (SSSR count). The predicted octanol–water partition coefficient (Wildman–Crippen LogP) is 2.79. The number of carbonyl (C=O) groups is 1. The van der Waals surface area contributed by atoms with Crippen molar-refractivity contribution in [3.63, 3.8) is 0 Å². The van der Waals surface area contributed by atoms with Crippen molar-refractivity contribution in [1.82, 2.24) is 20.0 Å². The van der Waals surface area contributed by atoms with Crippen LogP contribution in [0.3, 0.4) is 0 Å². The topological polar surface area (TPSA) is 102 Å². The Morgan fingerprint density at radius 3 is 2.79 bits per heavy atom. The van der Waals surface area contributed by atoms with Crippen LogP contribution in [0.1, 0.15) is 16.8 Å². The number of pyridine rings is 1. The highest BCUT2D eigenvalue weighted by Crippen LogP contribution is 2.27. The largest absolute Gasteiger partial charge is 0.465 e. The molecule has 0 radical (unpaired) electrons. The minimum atomic E-state index is -0.396. The SMILES string of the molecule is COC(=O)c1ccc(-n2cc(-c3cccc4c(=O)cc(N5CCCOCC5)[nH]c34)nn2)cc1. The van der Waals surface area contributed by atoms with Crippen molar-refractivity contribution in [2.45, 2.75) is 6.42 Å². The molecule has 0 amide bonds. The number of fused-ring (bicyclic) bond motifs is 1. The molecule has 2 aromatic carbocycles. The molecule has 9 nitrogen and oxygen atoms in total. The fourth-order valence-electron chi connectivity index (χ4n) is 4.01. The van der Waals surface area contributed by atoms with E-state index in [2.05, 4.69) is 20.2 Å². The number of hydrogen-bond acceptors (Lipinski definition) is 7. The minimum Gasteiger partial charge on any atom is -0.465 e. The van der Waals surface area contributed by atoms with Gasteiger partial charge in [0.05, 0.1) is 36.7 Å². The van der Waals surface area contributed by atoms with Gasteiger partial charge in [-0.2, -0.15) is 0 Å². The Morgan fingerprint density at radius 1 is 1.12 bits per heavy atom. The van der Waals surface area contributed by atoms with Gasteiger partial charge in [-0.05, 0) is 36.8 Å². The Bertz CT molecular complexity index is 1350. The van der Waals surface area contributed by atoms with E-state index in [9.17, 15) is 9.59 Å². The van der Waals surface area contributed by atoms with Crippen molar-refractivity contribution in [1.29, 1.82) is 0 Å². The van der Waals surface area contributed by atoms with Crippen LogP contribution in [0.2, 0.25) is 0 Å². The van der Waals surface area contributed by atoms with E-state index in [1.165, 1.54) is 7.11 Å². The number of aromatic nitrogens is 4. The molecule has 9 heteroatoms. The summed E-state index contributed by atoms with van der Waals surface area (Å²) < 4.78 is 11.9. The van der Waals surface area contributed by atoms with E-state index in [0.29, 0.717) is 23.3 Å². The zero-order valence-corrected chi connectivity index (χ0v) is 18.2. The number of benzene rings is 2. The third-order valence-electron chi connectivity index (χ3n) is 5.74. The van der Waals surface area contributed by atoms with Crippen LogP contribution in [0.25, 0.3) is 27.8 Å². The number of methoxy groups -OCH3 is 1. The second-order valence-electron chi connectivity index (χ2n) is 7.79. The first kappa shape index (κ1) is 20.9. The molecule has 3 heterocycles. The maximum absolute atomic E-state index is 12.9. The molecule has 0 atom stereocenters. The van der Waals surface area contributed by atoms with Crippen LogP contribution in [0.15, 0.2) is 59.5 Å². The quantitative estimate of drug-likeness (QED) is 0.482. The number of ether oxygens (including phenoxy) is 2. The summed E-state index contributed by atoms with van der Waals surface area (Å²) in [6.45, 7) is 2.90. The van der Waals surface area contributed by atoms with Crippen LogP contribution in [0.5, 0.6) is 0 Å². The number of esters is 1. The molecule has 1 fully saturated rings. The molecule has 0 unspecified atom stereocenters. The average Bonchev–Trinajstić information content (AvgIpc) is 3.18. The summed E-state index contributed by atoms with van der Waals surface area (Å²) in [5.41, 5.74) is 3.30. The van der Waals surface area contributed by atoms with E-state index in [1.54, 1.807) is 41.2 Å². The number of nitrogens with zero attached hydrogens (tertiary/aromatic N) is 4. The monoisotopic (exact) mass is 445 g/mol. The molecule has 0 saturated carbocycles. The van der Waals surface area contributed by atoms with Crippen molar-refractivity contribution in [3.05, 3.63) is 70.5 Å². The molecule has 1 saturated heterocycles. The lowest BCUT2D eigenvalue weighted by Gasteiger charge is -2.22. The van der Waals surface area contributed by atoms with E-state index >= 15 is 0 Å². The van der Waals surface area contributed by atoms with Crippen molar-refractivity contribution >= 4 is 22.7 Å². The summed E-state index contributed by atoms with van der Waals surface area (Å²) in [5, 5.41) is 9.18. The summed E-state index contributed by atoms with van der Waals surface area (Å²) in [6.07, 6.45) is 2.71. The van der Waals surface area contributed by atoms with Gasteiger partial charge in [0.2, 0.25) is 0 Å². The van der Waals surface area contributed by atoms with Crippen molar-refractivity contribution in [2.75, 3.05) is 38.3 Å². The van der Waals surface area contributed by atoms with Crippen LogP contribution >= 0.6 is 0 Å². The summed E-state index contributed by atoms with van der Waals surface area (Å²) >= 11 is 0. The zero-order valence-electron chi connectivity index (χ0n) is 18.2. The maximum Gasteiger partial charge on any atom is 0.337 e. The zero-order chi connectivity index (χ0) is 22.8. The first-order chi connectivity index (χ1) is 16.1.